The number of amidine groups is 1. The van der Waals surface area contributed by atoms with Gasteiger partial charge in [-0.25, -0.2) is 22.9 Å². The molecular formula is C22H20ClF3N4O5. The van der Waals surface area contributed by atoms with E-state index in [1.165, 1.54) is 12.3 Å². The van der Waals surface area contributed by atoms with Gasteiger partial charge in [-0.3, -0.25) is 14.7 Å². The van der Waals surface area contributed by atoms with Gasteiger partial charge in [0.25, 0.3) is 11.8 Å². The Morgan fingerprint density at radius 2 is 2.14 bits per heavy atom. The molecule has 1 aromatic heterocycles. The molecule has 2 aliphatic rings. The maximum absolute atomic E-state index is 14.1. The fraction of sp³-hybridized carbons (Fsp3) is 0.364. The number of carboxylic acids is 1. The van der Waals surface area contributed by atoms with Crippen LogP contribution in [0.4, 0.5) is 13.2 Å². The largest absolute Gasteiger partial charge is 0.480 e. The Labute approximate surface area is 202 Å². The predicted molar refractivity (Wildman–Crippen MR) is 117 cm³/mol. The van der Waals surface area contributed by atoms with Crippen LogP contribution in [0.25, 0.3) is 0 Å². The highest BCUT2D eigenvalue weighted by molar-refractivity contribution is 6.31. The van der Waals surface area contributed by atoms with Crippen molar-refractivity contribution in [3.05, 3.63) is 63.7 Å². The van der Waals surface area contributed by atoms with Crippen LogP contribution in [-0.2, 0) is 14.3 Å². The molecule has 2 aromatic rings. The van der Waals surface area contributed by atoms with Crippen LogP contribution >= 0.6 is 11.6 Å². The van der Waals surface area contributed by atoms with Gasteiger partial charge in [-0.2, -0.15) is 0 Å². The number of methoxy groups -OCH3 is 1. The molecule has 2 atom stereocenters. The van der Waals surface area contributed by atoms with E-state index in [0.29, 0.717) is 5.69 Å². The van der Waals surface area contributed by atoms with Gasteiger partial charge in [0, 0.05) is 29.2 Å². The van der Waals surface area contributed by atoms with E-state index < -0.39 is 48.7 Å². The minimum Gasteiger partial charge on any atom is -0.480 e. The number of hydrogen-bond donors (Lipinski definition) is 2. The monoisotopic (exact) mass is 512 g/mol. The lowest BCUT2D eigenvalue weighted by molar-refractivity contribution is -0.142. The van der Waals surface area contributed by atoms with E-state index in [1.807, 2.05) is 0 Å². The highest BCUT2D eigenvalue weighted by Gasteiger charge is 2.49. The second-order valence-electron chi connectivity index (χ2n) is 8.17. The van der Waals surface area contributed by atoms with Gasteiger partial charge in [-0.1, -0.05) is 17.7 Å². The summed E-state index contributed by atoms with van der Waals surface area (Å²) < 4.78 is 52.3. The van der Waals surface area contributed by atoms with Gasteiger partial charge < -0.3 is 19.6 Å². The molecule has 0 amide bonds. The molecule has 9 nitrogen and oxygen atoms in total. The molecule has 0 radical (unpaired) electrons. The van der Waals surface area contributed by atoms with E-state index in [9.17, 15) is 27.9 Å². The van der Waals surface area contributed by atoms with E-state index in [-0.39, 0.29) is 40.1 Å². The molecular weight excluding hydrogens is 493 g/mol. The van der Waals surface area contributed by atoms with Gasteiger partial charge >= 0.3 is 11.9 Å². The Morgan fingerprint density at radius 1 is 1.40 bits per heavy atom. The van der Waals surface area contributed by atoms with Crippen LogP contribution in [0.2, 0.25) is 5.02 Å². The number of halogens is 4. The topological polar surface area (TPSA) is 117 Å². The van der Waals surface area contributed by atoms with E-state index in [2.05, 4.69) is 15.3 Å². The number of nitrogens with zero attached hydrogens (tertiary/aromatic N) is 3. The van der Waals surface area contributed by atoms with Gasteiger partial charge in [-0.05, 0) is 19.1 Å². The first-order chi connectivity index (χ1) is 16.5. The fourth-order valence-electron chi connectivity index (χ4n) is 4.09. The first-order valence-electron chi connectivity index (χ1n) is 10.4. The molecule has 2 N–H and O–H groups in total. The Kier molecular flexibility index (Phi) is 6.60. The number of aromatic nitrogens is 1. The SMILES string of the molecule is COC(=O)C1=C(CN2CC(F)(F)CC2C(=O)O)NC(c2nc(C)co2)=NC1c1ccc(F)cc1Cl. The lowest BCUT2D eigenvalue weighted by Crippen LogP contribution is -2.43. The van der Waals surface area contributed by atoms with E-state index in [4.69, 9.17) is 20.8 Å². The Hall–Kier alpha value is -3.38. The first-order valence-corrected chi connectivity index (χ1v) is 10.7. The summed E-state index contributed by atoms with van der Waals surface area (Å²) in [5.41, 5.74) is 0.699. The molecule has 4 rings (SSSR count). The smallest absolute Gasteiger partial charge is 0.338 e. The van der Waals surface area contributed by atoms with Crippen molar-refractivity contribution in [3.8, 4) is 0 Å². The van der Waals surface area contributed by atoms with Crippen molar-refractivity contribution < 1.29 is 37.0 Å². The quantitative estimate of drug-likeness (QED) is 0.567. The number of ether oxygens (including phenoxy) is 1. The third kappa shape index (κ3) is 5.03. The number of carbonyl (C=O) groups is 2. The van der Waals surface area contributed by atoms with Crippen molar-refractivity contribution in [3.63, 3.8) is 0 Å². The van der Waals surface area contributed by atoms with Gasteiger partial charge in [0.2, 0.25) is 0 Å². The lowest BCUT2D eigenvalue weighted by Gasteiger charge is -2.30. The van der Waals surface area contributed by atoms with Crippen LogP contribution in [0.1, 0.15) is 29.6 Å². The van der Waals surface area contributed by atoms with Crippen LogP contribution in [0.5, 0.6) is 0 Å². The number of rotatable bonds is 6. The molecule has 3 heterocycles. The summed E-state index contributed by atoms with van der Waals surface area (Å²) in [6.07, 6.45) is 0.483. The zero-order valence-electron chi connectivity index (χ0n) is 18.5. The van der Waals surface area contributed by atoms with Crippen LogP contribution < -0.4 is 5.32 Å². The number of aryl methyl sites for hydroxylation is 1. The summed E-state index contributed by atoms with van der Waals surface area (Å²) in [7, 11) is 1.12. The Balaban J connectivity index is 1.85. The third-order valence-corrected chi connectivity index (χ3v) is 5.95. The van der Waals surface area contributed by atoms with Crippen molar-refractivity contribution in [2.24, 2.45) is 4.99 Å². The number of oxazole rings is 1. The van der Waals surface area contributed by atoms with E-state index >= 15 is 0 Å². The minimum atomic E-state index is -3.24. The molecule has 2 aliphatic heterocycles. The zero-order valence-corrected chi connectivity index (χ0v) is 19.3. The Bertz CT molecular complexity index is 1250. The van der Waals surface area contributed by atoms with E-state index in [1.54, 1.807) is 6.92 Å². The third-order valence-electron chi connectivity index (χ3n) is 5.62. The van der Waals surface area contributed by atoms with Crippen LogP contribution in [0.15, 0.2) is 45.1 Å². The van der Waals surface area contributed by atoms with Gasteiger partial charge in [0.1, 0.15) is 24.2 Å². The second-order valence-corrected chi connectivity index (χ2v) is 8.58. The molecule has 2 unspecified atom stereocenters. The number of benzene rings is 1. The van der Waals surface area contributed by atoms with Crippen LogP contribution in [-0.4, -0.2) is 64.9 Å². The zero-order chi connectivity index (χ0) is 25.5. The summed E-state index contributed by atoms with van der Waals surface area (Å²) in [5, 5.41) is 12.3. The van der Waals surface area contributed by atoms with Crippen molar-refractivity contribution in [2.45, 2.75) is 31.4 Å². The number of hydrogen-bond acceptors (Lipinski definition) is 8. The second kappa shape index (κ2) is 9.34. The van der Waals surface area contributed by atoms with Crippen molar-refractivity contribution in [1.82, 2.24) is 15.2 Å². The van der Waals surface area contributed by atoms with Crippen molar-refractivity contribution in [2.75, 3.05) is 20.2 Å². The lowest BCUT2D eigenvalue weighted by atomic mass is 9.95. The van der Waals surface area contributed by atoms with Gasteiger partial charge in [0.15, 0.2) is 5.84 Å². The summed E-state index contributed by atoms with van der Waals surface area (Å²) in [5.74, 6) is -6.05. The molecule has 0 bridgehead atoms. The van der Waals surface area contributed by atoms with E-state index in [0.717, 1.165) is 24.1 Å². The van der Waals surface area contributed by atoms with Crippen molar-refractivity contribution in [1.29, 1.82) is 0 Å². The number of carboxylic acid groups (broad SMARTS) is 1. The maximum atomic E-state index is 14.1. The molecule has 0 spiro atoms. The molecule has 186 valence electrons. The van der Waals surface area contributed by atoms with Crippen LogP contribution in [0.3, 0.4) is 0 Å². The van der Waals surface area contributed by atoms with Crippen molar-refractivity contribution >= 4 is 29.4 Å². The minimum absolute atomic E-state index is 0.0358. The molecule has 13 heteroatoms. The molecule has 1 saturated heterocycles. The summed E-state index contributed by atoms with van der Waals surface area (Å²) >= 11 is 6.26. The van der Waals surface area contributed by atoms with Crippen LogP contribution in [0, 0.1) is 12.7 Å². The molecule has 0 saturated carbocycles. The average molecular weight is 513 g/mol. The first kappa shape index (κ1) is 24.7. The molecule has 35 heavy (non-hydrogen) atoms. The number of nitrogens with one attached hydrogen (secondary N) is 1. The summed E-state index contributed by atoms with van der Waals surface area (Å²) in [6.45, 7) is 0.451. The Morgan fingerprint density at radius 3 is 2.74 bits per heavy atom. The molecule has 1 fully saturated rings. The number of aliphatic imine (C=N–C) groups is 1. The number of esters is 1. The predicted octanol–water partition coefficient (Wildman–Crippen LogP) is 3.09. The normalized spacial score (nSPS) is 22.1. The highest BCUT2D eigenvalue weighted by Crippen LogP contribution is 2.38. The molecule has 0 aliphatic carbocycles. The number of likely N-dealkylation sites (tertiary alicyclic amines) is 1. The van der Waals surface area contributed by atoms with Gasteiger partial charge in [0.05, 0.1) is 24.9 Å². The van der Waals surface area contributed by atoms with Gasteiger partial charge in [-0.15, -0.1) is 0 Å². The summed E-state index contributed by atoms with van der Waals surface area (Å²) in [6, 6.07) is 0.862. The standard InChI is InChI=1S/C22H20ClF3N4O5/c1-10-8-35-19(27-10)18-28-14(7-30-9-22(25,26)6-15(30)20(31)32)16(21(33)34-2)17(29-18)12-4-3-11(24)5-13(12)23/h3-5,8,15,17H,6-7,9H2,1-2H3,(H,28,29)(H,31,32). The number of alkyl halides is 2. The summed E-state index contributed by atoms with van der Waals surface area (Å²) in [4.78, 5) is 34.3. The average Bonchev–Trinajstić information content (AvgIpc) is 3.35. The number of aliphatic carboxylic acids is 1. The number of carbonyl (C=O) groups excluding carboxylic acids is 1. The highest BCUT2D eigenvalue weighted by atomic mass is 35.5. The maximum Gasteiger partial charge on any atom is 0.338 e. The molecule has 1 aromatic carbocycles. The fourth-order valence-corrected chi connectivity index (χ4v) is 4.36.